The number of nitrogens with one attached hydrogen (secondary N) is 1. The van der Waals surface area contributed by atoms with E-state index in [-0.39, 0.29) is 5.88 Å². The Morgan fingerprint density at radius 1 is 1.22 bits per heavy atom. The van der Waals surface area contributed by atoms with E-state index in [9.17, 15) is 31.8 Å². The predicted molar refractivity (Wildman–Crippen MR) is 94.0 cm³/mol. The summed E-state index contributed by atoms with van der Waals surface area (Å²) in [6.45, 7) is 7.46. The molecule has 1 heterocycles. The highest BCUT2D eigenvalue weighted by Gasteiger charge is 2.42. The molecule has 0 saturated carbocycles. The first-order valence-electron chi connectivity index (χ1n) is 8.39. The molecule has 0 amide bonds. The third-order valence-electron chi connectivity index (χ3n) is 4.83. The molecule has 0 spiro atoms. The summed E-state index contributed by atoms with van der Waals surface area (Å²) in [6.07, 6.45) is -8.64. The van der Waals surface area contributed by atoms with Gasteiger partial charge in [-0.25, -0.2) is 8.42 Å². The lowest BCUT2D eigenvalue weighted by atomic mass is 9.84. The largest absolute Gasteiger partial charge is 0.392 e. The van der Waals surface area contributed by atoms with E-state index in [0.29, 0.717) is 5.69 Å². The van der Waals surface area contributed by atoms with Crippen LogP contribution in [-0.4, -0.2) is 52.8 Å². The molecule has 11 heteroatoms. The second-order valence-electron chi connectivity index (χ2n) is 7.66. The van der Waals surface area contributed by atoms with Crippen molar-refractivity contribution in [2.75, 3.05) is 11.1 Å². The number of nitrogens with zero attached hydrogens (tertiary/aromatic N) is 1. The summed E-state index contributed by atoms with van der Waals surface area (Å²) in [5.41, 5.74) is -0.355. The molecule has 3 N–H and O–H groups in total. The van der Waals surface area contributed by atoms with Crippen LogP contribution in [0.1, 0.15) is 53.2 Å². The Morgan fingerprint density at radius 2 is 1.78 bits per heavy atom. The lowest BCUT2D eigenvalue weighted by Gasteiger charge is -2.30. The van der Waals surface area contributed by atoms with Gasteiger partial charge in [0.15, 0.2) is 9.84 Å². The lowest BCUT2D eigenvalue weighted by Crippen LogP contribution is -2.49. The minimum Gasteiger partial charge on any atom is -0.392 e. The van der Waals surface area contributed by atoms with Gasteiger partial charge in [-0.15, -0.1) is 0 Å². The molecule has 7 nitrogen and oxygen atoms in total. The first kappa shape index (κ1) is 23.7. The van der Waals surface area contributed by atoms with Crippen molar-refractivity contribution >= 4 is 15.7 Å². The first-order chi connectivity index (χ1) is 12.0. The number of aliphatic hydroxyl groups excluding tert-OH is 2. The van der Waals surface area contributed by atoms with Crippen LogP contribution in [0.5, 0.6) is 0 Å². The number of hydrogen-bond donors (Lipinski definition) is 3. The number of sulfone groups is 1. The van der Waals surface area contributed by atoms with Crippen LogP contribution in [0.15, 0.2) is 10.6 Å². The van der Waals surface area contributed by atoms with Crippen molar-refractivity contribution < 1.29 is 36.3 Å². The monoisotopic (exact) mass is 416 g/mol. The Hall–Kier alpha value is -1.33. The van der Waals surface area contributed by atoms with E-state index < -0.39 is 57.1 Å². The maximum atomic E-state index is 12.4. The molecule has 158 valence electrons. The summed E-state index contributed by atoms with van der Waals surface area (Å²) in [4.78, 5) is 0. The van der Waals surface area contributed by atoms with Crippen LogP contribution < -0.4 is 5.32 Å². The molecule has 0 aliphatic rings. The standard InChI is InChI=1S/C16H27F3N2O5S/c1-10(22)14(2,3)11-9-12(26-21-11)20-13(23)15(4,5)27(24,25)8-6-7-16(17,18)19/h9-10,13,20,22-23H,6-8H2,1-5H3. The second-order valence-corrected chi connectivity index (χ2v) is 10.4. The number of hydrogen-bond acceptors (Lipinski definition) is 7. The van der Waals surface area contributed by atoms with Gasteiger partial charge in [0, 0.05) is 17.9 Å². The van der Waals surface area contributed by atoms with Gasteiger partial charge >= 0.3 is 6.18 Å². The molecule has 2 atom stereocenters. The van der Waals surface area contributed by atoms with Gasteiger partial charge in [-0.05, 0) is 27.2 Å². The van der Waals surface area contributed by atoms with Crippen molar-refractivity contribution in [1.82, 2.24) is 5.16 Å². The number of aliphatic hydroxyl groups is 2. The second kappa shape index (κ2) is 7.96. The average molecular weight is 416 g/mol. The van der Waals surface area contributed by atoms with Gasteiger partial charge in [0.1, 0.15) is 11.0 Å². The smallest absolute Gasteiger partial charge is 0.389 e. The molecule has 0 bridgehead atoms. The Balaban J connectivity index is 2.86. The van der Waals surface area contributed by atoms with Crippen molar-refractivity contribution in [2.24, 2.45) is 0 Å². The van der Waals surface area contributed by atoms with Crippen LogP contribution >= 0.6 is 0 Å². The number of alkyl halides is 3. The normalized spacial score (nSPS) is 16.2. The number of halogens is 3. The summed E-state index contributed by atoms with van der Waals surface area (Å²) in [5, 5.41) is 26.4. The summed E-state index contributed by atoms with van der Waals surface area (Å²) in [5.74, 6) is -0.737. The molecule has 0 fully saturated rings. The van der Waals surface area contributed by atoms with Crippen molar-refractivity contribution in [2.45, 2.75) is 76.1 Å². The molecule has 0 saturated heterocycles. The van der Waals surface area contributed by atoms with Crippen molar-refractivity contribution in [1.29, 1.82) is 0 Å². The highest BCUT2D eigenvalue weighted by Crippen LogP contribution is 2.30. The average Bonchev–Trinajstić information content (AvgIpc) is 2.94. The van der Waals surface area contributed by atoms with Crippen LogP contribution in [0.4, 0.5) is 19.1 Å². The Kier molecular flexibility index (Phi) is 6.99. The minimum absolute atomic E-state index is 0.0233. The highest BCUT2D eigenvalue weighted by molar-refractivity contribution is 7.92. The Morgan fingerprint density at radius 3 is 2.26 bits per heavy atom. The van der Waals surface area contributed by atoms with E-state index in [1.807, 2.05) is 0 Å². The molecule has 0 aliphatic heterocycles. The van der Waals surface area contributed by atoms with E-state index in [0.717, 1.165) is 0 Å². The molecule has 27 heavy (non-hydrogen) atoms. The SMILES string of the molecule is CC(O)C(C)(C)c1cc(NC(O)C(C)(C)S(=O)(=O)CCCC(F)(F)F)on1. The highest BCUT2D eigenvalue weighted by atomic mass is 32.2. The maximum Gasteiger partial charge on any atom is 0.389 e. The molecule has 2 unspecified atom stereocenters. The molecule has 0 aromatic carbocycles. The molecule has 1 aromatic heterocycles. The van der Waals surface area contributed by atoms with Crippen molar-refractivity contribution in [3.63, 3.8) is 0 Å². The van der Waals surface area contributed by atoms with Crippen LogP contribution in [0.2, 0.25) is 0 Å². The third kappa shape index (κ3) is 5.82. The maximum absolute atomic E-state index is 12.4. The van der Waals surface area contributed by atoms with E-state index >= 15 is 0 Å². The fourth-order valence-electron chi connectivity index (χ4n) is 2.07. The fraction of sp³-hybridized carbons (Fsp3) is 0.812. The van der Waals surface area contributed by atoms with E-state index in [1.54, 1.807) is 20.8 Å². The first-order valence-corrected chi connectivity index (χ1v) is 10.0. The predicted octanol–water partition coefficient (Wildman–Crippen LogP) is 2.60. The van der Waals surface area contributed by atoms with Crippen LogP contribution in [0.25, 0.3) is 0 Å². The molecule has 0 radical (unpaired) electrons. The van der Waals surface area contributed by atoms with Gasteiger partial charge in [-0.2, -0.15) is 13.2 Å². The lowest BCUT2D eigenvalue weighted by molar-refractivity contribution is -0.134. The zero-order chi connectivity index (χ0) is 21.3. The van der Waals surface area contributed by atoms with E-state index in [1.165, 1.54) is 19.9 Å². The number of anilines is 1. The summed E-state index contributed by atoms with van der Waals surface area (Å²) >= 11 is 0. The molecule has 1 rings (SSSR count). The molecular weight excluding hydrogens is 389 g/mol. The minimum atomic E-state index is -4.44. The topological polar surface area (TPSA) is 113 Å². The fourth-order valence-corrected chi connectivity index (χ4v) is 3.51. The van der Waals surface area contributed by atoms with Gasteiger partial charge in [-0.1, -0.05) is 19.0 Å². The quantitative estimate of drug-likeness (QED) is 0.530. The zero-order valence-corrected chi connectivity index (χ0v) is 16.8. The van der Waals surface area contributed by atoms with Crippen molar-refractivity contribution in [3.05, 3.63) is 11.8 Å². The van der Waals surface area contributed by atoms with Crippen LogP contribution in [0.3, 0.4) is 0 Å². The van der Waals surface area contributed by atoms with E-state index in [2.05, 4.69) is 10.5 Å². The number of aromatic nitrogens is 1. The summed E-state index contributed by atoms with van der Waals surface area (Å²) in [7, 11) is -4.05. The molecule has 0 aliphatic carbocycles. The van der Waals surface area contributed by atoms with Crippen LogP contribution in [0, 0.1) is 0 Å². The van der Waals surface area contributed by atoms with Crippen molar-refractivity contribution in [3.8, 4) is 0 Å². The number of rotatable bonds is 9. The molecular formula is C16H27F3N2O5S. The van der Waals surface area contributed by atoms with Gasteiger partial charge in [-0.3, -0.25) is 0 Å². The molecule has 1 aromatic rings. The summed E-state index contributed by atoms with van der Waals surface area (Å²) < 4.78 is 64.7. The Bertz CT molecular complexity index is 727. The van der Waals surface area contributed by atoms with Gasteiger partial charge in [0.25, 0.3) is 0 Å². The van der Waals surface area contributed by atoms with Gasteiger partial charge in [0.2, 0.25) is 5.88 Å². The summed E-state index contributed by atoms with van der Waals surface area (Å²) in [6, 6.07) is 1.42. The van der Waals surface area contributed by atoms with Gasteiger partial charge in [0.05, 0.1) is 17.6 Å². The van der Waals surface area contributed by atoms with Crippen LogP contribution in [-0.2, 0) is 15.3 Å². The van der Waals surface area contributed by atoms with E-state index in [4.69, 9.17) is 4.52 Å². The van der Waals surface area contributed by atoms with Gasteiger partial charge < -0.3 is 20.1 Å². The zero-order valence-electron chi connectivity index (χ0n) is 16.0. The Labute approximate surface area is 156 Å². The third-order valence-corrected chi connectivity index (χ3v) is 7.48.